The highest BCUT2D eigenvalue weighted by Crippen LogP contribution is 2.45. The quantitative estimate of drug-likeness (QED) is 0.222. The lowest BCUT2D eigenvalue weighted by Gasteiger charge is -2.39. The van der Waals surface area contributed by atoms with Crippen molar-refractivity contribution in [1.82, 2.24) is 9.80 Å². The number of amides is 4. The van der Waals surface area contributed by atoms with E-state index in [1.54, 1.807) is 12.1 Å². The molecule has 306 valence electrons. The van der Waals surface area contributed by atoms with Gasteiger partial charge in [0.25, 0.3) is 0 Å². The zero-order valence-electron chi connectivity index (χ0n) is 37.4. The fraction of sp³-hybridized carbons (Fsp3) is 0.562. The molecule has 8 nitrogen and oxygen atoms in total. The molecule has 0 radical (unpaired) electrons. The van der Waals surface area contributed by atoms with Gasteiger partial charge in [-0.2, -0.15) is 0 Å². The summed E-state index contributed by atoms with van der Waals surface area (Å²) >= 11 is 0. The largest absolute Gasteiger partial charge is 0.507 e. The lowest BCUT2D eigenvalue weighted by Crippen LogP contribution is -2.58. The van der Waals surface area contributed by atoms with Crippen LogP contribution in [0.4, 0.5) is 4.79 Å². The Kier molecular flexibility index (Phi) is 11.3. The van der Waals surface area contributed by atoms with Crippen molar-refractivity contribution in [2.75, 3.05) is 0 Å². The summed E-state index contributed by atoms with van der Waals surface area (Å²) in [5.74, 6) is -2.19. The molecule has 4 rings (SSSR count). The molecule has 3 aromatic carbocycles. The van der Waals surface area contributed by atoms with Gasteiger partial charge in [-0.15, -0.1) is 0 Å². The van der Waals surface area contributed by atoms with E-state index in [0.717, 1.165) is 9.80 Å². The van der Waals surface area contributed by atoms with Crippen LogP contribution in [0, 0.1) is 0 Å². The van der Waals surface area contributed by atoms with Gasteiger partial charge in [0, 0.05) is 0 Å². The molecule has 1 aliphatic heterocycles. The molecule has 0 unspecified atom stereocenters. The number of phenolic OH excluding ortho intramolecular Hbond substituents is 3. The third-order valence-corrected chi connectivity index (χ3v) is 10.8. The van der Waals surface area contributed by atoms with Crippen LogP contribution in [-0.4, -0.2) is 43.0 Å². The summed E-state index contributed by atoms with van der Waals surface area (Å²) in [6.45, 7) is 35.6. The highest BCUT2D eigenvalue weighted by molar-refractivity contribution is 6.19. The Hall–Kier alpha value is -4.33. The first kappa shape index (κ1) is 44.4. The highest BCUT2D eigenvalue weighted by Gasteiger charge is 2.48. The Labute approximate surface area is 336 Å². The van der Waals surface area contributed by atoms with E-state index in [4.69, 9.17) is 0 Å². The van der Waals surface area contributed by atoms with Gasteiger partial charge in [0.2, 0.25) is 11.8 Å². The molecule has 1 heterocycles. The maximum absolute atomic E-state index is 14.9. The number of aromatic hydroxyl groups is 3. The number of hydrogen-bond acceptors (Lipinski definition) is 6. The lowest BCUT2D eigenvalue weighted by molar-refractivity contribution is -0.146. The van der Waals surface area contributed by atoms with Gasteiger partial charge in [-0.05, 0) is 107 Å². The van der Waals surface area contributed by atoms with Crippen LogP contribution in [0.3, 0.4) is 0 Å². The molecule has 4 amide bonds. The smallest absolute Gasteiger partial charge is 0.334 e. The topological polar surface area (TPSA) is 118 Å². The summed E-state index contributed by atoms with van der Waals surface area (Å²) in [5.41, 5.74) is 2.81. The summed E-state index contributed by atoms with van der Waals surface area (Å²) in [5, 5.41) is 34.5. The fourth-order valence-electron chi connectivity index (χ4n) is 7.52. The third kappa shape index (κ3) is 8.79. The van der Waals surface area contributed by atoms with Crippen LogP contribution in [0.25, 0.3) is 0 Å². The van der Waals surface area contributed by atoms with Crippen molar-refractivity contribution in [3.8, 4) is 17.2 Å². The van der Waals surface area contributed by atoms with E-state index in [-0.39, 0.29) is 30.3 Å². The molecule has 0 atom stereocenters. The second-order valence-electron chi connectivity index (χ2n) is 22.1. The molecule has 1 saturated heterocycles. The summed E-state index contributed by atoms with van der Waals surface area (Å²) < 4.78 is 0. The van der Waals surface area contributed by atoms with Crippen molar-refractivity contribution in [1.29, 1.82) is 0 Å². The summed E-state index contributed by atoms with van der Waals surface area (Å²) in [7, 11) is 0. The van der Waals surface area contributed by atoms with E-state index >= 15 is 0 Å². The van der Waals surface area contributed by atoms with Gasteiger partial charge >= 0.3 is 6.03 Å². The maximum atomic E-state index is 14.9. The molecular weight excluding hydrogens is 701 g/mol. The van der Waals surface area contributed by atoms with Gasteiger partial charge in [0.15, 0.2) is 0 Å². The van der Waals surface area contributed by atoms with Gasteiger partial charge in [0.05, 0.1) is 13.1 Å². The second-order valence-corrected chi connectivity index (χ2v) is 22.1. The van der Waals surface area contributed by atoms with Crippen LogP contribution >= 0.6 is 0 Å². The Morgan fingerprint density at radius 1 is 0.411 bits per heavy atom. The van der Waals surface area contributed by atoms with Crippen molar-refractivity contribution in [2.24, 2.45) is 0 Å². The van der Waals surface area contributed by atoms with Crippen LogP contribution in [0.1, 0.15) is 181 Å². The molecule has 8 heteroatoms. The Bertz CT molecular complexity index is 1840. The molecule has 3 N–H and O–H groups in total. The minimum absolute atomic E-state index is 0.122. The SMILES string of the molecule is CC(C)(C)c1cc(CN2C(=O)C(c3cc(C(C)(C)C)c(O)c(C(C)(C)C)c3)C(=O)N(Cc3cc(C(C)(C)C)c(O)c(C(C)(C)C)c3)C2=O)cc(C(C)(C)C)c1O. The van der Waals surface area contributed by atoms with E-state index in [1.807, 2.05) is 149 Å². The molecule has 0 aliphatic carbocycles. The number of carbonyl (C=O) groups excluding carboxylic acids is 3. The first-order chi connectivity index (χ1) is 25.1. The number of hydrogen-bond donors (Lipinski definition) is 3. The number of phenols is 3. The average Bonchev–Trinajstić information content (AvgIpc) is 2.99. The second kappa shape index (κ2) is 14.2. The van der Waals surface area contributed by atoms with Gasteiger partial charge in [0.1, 0.15) is 23.2 Å². The molecule has 1 fully saturated rings. The molecule has 0 spiro atoms. The zero-order valence-corrected chi connectivity index (χ0v) is 37.4. The number of benzene rings is 3. The summed E-state index contributed by atoms with van der Waals surface area (Å²) in [4.78, 5) is 46.9. The van der Waals surface area contributed by atoms with Gasteiger partial charge in [-0.25, -0.2) is 4.79 Å². The molecule has 3 aromatic rings. The summed E-state index contributed by atoms with van der Waals surface area (Å²) in [6.07, 6.45) is 0. The average molecular weight is 769 g/mol. The van der Waals surface area contributed by atoms with Crippen molar-refractivity contribution in [3.05, 3.63) is 86.5 Å². The third-order valence-electron chi connectivity index (χ3n) is 10.8. The van der Waals surface area contributed by atoms with E-state index in [9.17, 15) is 29.7 Å². The van der Waals surface area contributed by atoms with Gasteiger partial charge < -0.3 is 15.3 Å². The molecule has 56 heavy (non-hydrogen) atoms. The molecular formula is C48H68N2O6. The van der Waals surface area contributed by atoms with E-state index < -0.39 is 56.3 Å². The number of barbiturate groups is 1. The van der Waals surface area contributed by atoms with Gasteiger partial charge in [-0.3, -0.25) is 19.4 Å². The van der Waals surface area contributed by atoms with E-state index in [1.165, 1.54) is 0 Å². The van der Waals surface area contributed by atoms with Crippen molar-refractivity contribution >= 4 is 17.8 Å². The Morgan fingerprint density at radius 3 is 0.839 bits per heavy atom. The van der Waals surface area contributed by atoms with E-state index in [2.05, 4.69) is 0 Å². The van der Waals surface area contributed by atoms with E-state index in [0.29, 0.717) is 50.1 Å². The lowest BCUT2D eigenvalue weighted by atomic mass is 9.76. The van der Waals surface area contributed by atoms with Crippen LogP contribution in [0.15, 0.2) is 36.4 Å². The number of rotatable bonds is 5. The van der Waals surface area contributed by atoms with Crippen molar-refractivity contribution in [2.45, 2.75) is 176 Å². The van der Waals surface area contributed by atoms with Crippen LogP contribution in [0.5, 0.6) is 17.2 Å². The normalized spacial score (nSPS) is 15.6. The van der Waals surface area contributed by atoms with Crippen molar-refractivity contribution in [3.63, 3.8) is 0 Å². The van der Waals surface area contributed by atoms with Crippen LogP contribution in [0.2, 0.25) is 0 Å². The number of nitrogens with zero attached hydrogens (tertiary/aromatic N) is 2. The maximum Gasteiger partial charge on any atom is 0.334 e. The molecule has 1 aliphatic rings. The van der Waals surface area contributed by atoms with Crippen LogP contribution in [-0.2, 0) is 55.2 Å². The standard InChI is InChI=1S/C48H68N2O6/c1-43(2,3)30-19-27(20-31(37(30)51)44(4,5)6)25-49-40(54)36(29-23-34(47(13,14)15)39(53)35(24-29)48(16,17)18)41(55)50(42(49)56)26-28-21-32(45(7,8)9)38(52)33(22-28)46(10,11)12/h19-24,36,51-53H,25-26H2,1-18H3. The molecule has 0 saturated carbocycles. The molecule has 0 aromatic heterocycles. The predicted molar refractivity (Wildman–Crippen MR) is 226 cm³/mol. The monoisotopic (exact) mass is 769 g/mol. The Morgan fingerprint density at radius 2 is 0.625 bits per heavy atom. The van der Waals surface area contributed by atoms with Gasteiger partial charge in [-0.1, -0.05) is 137 Å². The first-order valence-electron chi connectivity index (χ1n) is 19.8. The van der Waals surface area contributed by atoms with Crippen molar-refractivity contribution < 1.29 is 29.7 Å². The predicted octanol–water partition coefficient (Wildman–Crippen LogP) is 10.9. The molecule has 0 bridgehead atoms. The number of carbonyl (C=O) groups is 3. The summed E-state index contributed by atoms with van der Waals surface area (Å²) in [6, 6.07) is 10.1. The fourth-order valence-corrected chi connectivity index (χ4v) is 7.52. The minimum Gasteiger partial charge on any atom is -0.507 e. The first-order valence-corrected chi connectivity index (χ1v) is 19.8. The number of urea groups is 1. The zero-order chi connectivity index (χ0) is 43.0. The minimum atomic E-state index is -1.38. The highest BCUT2D eigenvalue weighted by atomic mass is 16.3. The number of imide groups is 2. The van der Waals surface area contributed by atoms with Crippen LogP contribution < -0.4 is 0 Å². The Balaban J connectivity index is 2.03.